The zero-order valence-electron chi connectivity index (χ0n) is 10.8. The van der Waals surface area contributed by atoms with E-state index in [9.17, 15) is 9.90 Å². The Morgan fingerprint density at radius 3 is 2.74 bits per heavy atom. The number of esters is 1. The molecule has 0 unspecified atom stereocenters. The van der Waals surface area contributed by atoms with E-state index in [4.69, 9.17) is 10.1 Å². The molecule has 0 saturated carbocycles. The van der Waals surface area contributed by atoms with Gasteiger partial charge >= 0.3 is 11.7 Å². The summed E-state index contributed by atoms with van der Waals surface area (Å²) in [5, 5.41) is 18.9. The highest BCUT2D eigenvalue weighted by atomic mass is 16.5. The highest BCUT2D eigenvalue weighted by molar-refractivity contribution is 5.98. The number of benzene rings is 1. The molecular weight excluding hydrogens is 244 g/mol. The second kappa shape index (κ2) is 6.97. The zero-order chi connectivity index (χ0) is 14.3. The van der Waals surface area contributed by atoms with Gasteiger partial charge in [-0.25, -0.2) is 4.79 Å². The van der Waals surface area contributed by atoms with Crippen LogP contribution >= 0.6 is 0 Å². The Balaban J connectivity index is 3.34. The summed E-state index contributed by atoms with van der Waals surface area (Å²) in [7, 11) is 0. The van der Waals surface area contributed by atoms with Crippen LogP contribution in [0.5, 0.6) is 0 Å². The van der Waals surface area contributed by atoms with Crippen molar-refractivity contribution in [2.24, 2.45) is 0 Å². The van der Waals surface area contributed by atoms with Crippen molar-refractivity contribution >= 4 is 17.8 Å². The predicted octanol–water partition coefficient (Wildman–Crippen LogP) is 3.36. The smallest absolute Gasteiger partial charge is 0.501 e. The first-order valence-electron chi connectivity index (χ1n) is 5.83. The van der Waals surface area contributed by atoms with Crippen LogP contribution in [0, 0.1) is 5.39 Å². The lowest BCUT2D eigenvalue weighted by molar-refractivity contribution is -0.138. The molecule has 0 saturated heterocycles. The predicted molar refractivity (Wildman–Crippen MR) is 72.4 cm³/mol. The first-order valence-corrected chi connectivity index (χ1v) is 5.83. The molecule has 98 valence electrons. The van der Waals surface area contributed by atoms with Gasteiger partial charge in [0.05, 0.1) is 6.61 Å². The third kappa shape index (κ3) is 3.42. The highest BCUT2D eigenvalue weighted by Crippen LogP contribution is 2.23. The second-order valence-corrected chi connectivity index (χ2v) is 3.60. The van der Waals surface area contributed by atoms with Crippen molar-refractivity contribution in [2.75, 3.05) is 6.61 Å². The van der Waals surface area contributed by atoms with Gasteiger partial charge < -0.3 is 9.84 Å². The van der Waals surface area contributed by atoms with Crippen molar-refractivity contribution in [3.05, 3.63) is 52.1 Å². The molecule has 0 spiro atoms. The van der Waals surface area contributed by atoms with E-state index in [2.05, 4.69) is 4.98 Å². The number of aliphatic hydroxyl groups excluding tert-OH is 1. The number of allylic oxidation sites excluding steroid dienone is 1. The fourth-order valence-electron chi connectivity index (χ4n) is 1.55. The maximum Gasteiger partial charge on any atom is 0.510 e. The summed E-state index contributed by atoms with van der Waals surface area (Å²) in [5.74, 6) is -1.30. The summed E-state index contributed by atoms with van der Waals surface area (Å²) >= 11 is 0. The molecule has 1 N–H and O–H groups in total. The number of aliphatic hydroxyl groups is 1. The fraction of sp³-hybridized carbons (Fsp3) is 0.214. The van der Waals surface area contributed by atoms with E-state index in [1.807, 2.05) is 6.92 Å². The maximum absolute atomic E-state index is 11.5. The van der Waals surface area contributed by atoms with Crippen molar-refractivity contribution in [1.29, 1.82) is 5.39 Å². The van der Waals surface area contributed by atoms with Gasteiger partial charge in [0.15, 0.2) is 4.98 Å². The Bertz CT molecular complexity index is 568. The lowest BCUT2D eigenvalue weighted by Crippen LogP contribution is -2.08. The minimum Gasteiger partial charge on any atom is -0.501 e. The molecule has 5 heteroatoms. The van der Waals surface area contributed by atoms with Crippen molar-refractivity contribution in [1.82, 2.24) is 0 Å². The van der Waals surface area contributed by atoms with Gasteiger partial charge in [0.25, 0.3) is 0 Å². The van der Waals surface area contributed by atoms with Gasteiger partial charge in [-0.3, -0.25) is 0 Å². The lowest BCUT2D eigenvalue weighted by Gasteiger charge is -2.03. The number of hydrogen-bond donors (Lipinski definition) is 1. The van der Waals surface area contributed by atoms with E-state index < -0.39 is 17.4 Å². The normalized spacial score (nSPS) is 11.8. The van der Waals surface area contributed by atoms with Crippen molar-refractivity contribution in [3.63, 3.8) is 0 Å². The van der Waals surface area contributed by atoms with Crippen LogP contribution in [0.2, 0.25) is 0 Å². The summed E-state index contributed by atoms with van der Waals surface area (Å²) in [6.07, 6.45) is 3.57. The Morgan fingerprint density at radius 2 is 2.16 bits per heavy atom. The highest BCUT2D eigenvalue weighted by Gasteiger charge is 2.32. The minimum absolute atomic E-state index is 0.127. The molecule has 0 radical (unpaired) electrons. The Labute approximate surface area is 111 Å². The zero-order valence-corrected chi connectivity index (χ0v) is 10.8. The molecule has 5 nitrogen and oxygen atoms in total. The molecule has 0 fully saturated rings. The average molecular weight is 259 g/mol. The van der Waals surface area contributed by atoms with Gasteiger partial charge in [-0.05, 0) is 19.4 Å². The summed E-state index contributed by atoms with van der Waals surface area (Å²) in [6, 6.07) is 6.89. The van der Waals surface area contributed by atoms with Crippen LogP contribution in [-0.2, 0) is 9.53 Å². The van der Waals surface area contributed by atoms with E-state index >= 15 is 0 Å². The number of rotatable bonds is 4. The van der Waals surface area contributed by atoms with Crippen molar-refractivity contribution in [3.8, 4) is 0 Å². The molecular formula is C14H15N2O3+. The first-order chi connectivity index (χ1) is 9.15. The van der Waals surface area contributed by atoms with Crippen LogP contribution in [0.3, 0.4) is 0 Å². The Morgan fingerprint density at radius 1 is 1.47 bits per heavy atom. The molecule has 0 bridgehead atoms. The third-order valence-electron chi connectivity index (χ3n) is 2.36. The monoisotopic (exact) mass is 259 g/mol. The van der Waals surface area contributed by atoms with Gasteiger partial charge in [0, 0.05) is 5.56 Å². The van der Waals surface area contributed by atoms with E-state index in [-0.39, 0.29) is 6.61 Å². The lowest BCUT2D eigenvalue weighted by atomic mass is 10.0. The van der Waals surface area contributed by atoms with Crippen LogP contribution < -0.4 is 0 Å². The second-order valence-electron chi connectivity index (χ2n) is 3.60. The Hall–Kier alpha value is -2.61. The summed E-state index contributed by atoms with van der Waals surface area (Å²) < 4.78 is 4.71. The summed E-state index contributed by atoms with van der Waals surface area (Å²) in [5.41, 5.74) is 0.577. The quantitative estimate of drug-likeness (QED) is 0.389. The number of carbonyl (C=O) groups excluding carboxylic acids is 1. The molecule has 0 aromatic heterocycles. The van der Waals surface area contributed by atoms with Gasteiger partial charge in [-0.1, -0.05) is 36.4 Å². The molecule has 1 aromatic carbocycles. The first kappa shape index (κ1) is 14.5. The molecule has 0 aliphatic rings. The number of diazo groups is 1. The topological polar surface area (TPSA) is 74.7 Å². The SMILES string of the molecule is C/C=C\c1ccccc1/C(O)=C(\[N+]#N)C(=O)OCC. The molecule has 19 heavy (non-hydrogen) atoms. The Kier molecular flexibility index (Phi) is 5.30. The summed E-state index contributed by atoms with van der Waals surface area (Å²) in [6.45, 7) is 3.58. The van der Waals surface area contributed by atoms with Gasteiger partial charge in [0.1, 0.15) is 0 Å². The van der Waals surface area contributed by atoms with E-state index in [0.717, 1.165) is 0 Å². The van der Waals surface area contributed by atoms with Crippen LogP contribution in [0.25, 0.3) is 16.8 Å². The maximum atomic E-state index is 11.5. The molecule has 1 aromatic rings. The number of hydrogen-bond acceptors (Lipinski definition) is 4. The summed E-state index contributed by atoms with van der Waals surface area (Å²) in [4.78, 5) is 14.4. The van der Waals surface area contributed by atoms with Crippen LogP contribution in [-0.4, -0.2) is 17.7 Å². The number of carbonyl (C=O) groups is 1. The standard InChI is InChI=1S/C14H14N2O3/c1-3-7-10-8-5-6-9-11(10)13(17)12(16-15)14(18)19-4-2/h3,5-9H,4H2,1-2H3/p+1/b7-3-. The average Bonchev–Trinajstić information content (AvgIpc) is 2.40. The van der Waals surface area contributed by atoms with Gasteiger partial charge in [-0.15, -0.1) is 0 Å². The van der Waals surface area contributed by atoms with Gasteiger partial charge in [0.2, 0.25) is 11.2 Å². The van der Waals surface area contributed by atoms with Crippen LogP contribution in [0.1, 0.15) is 25.0 Å². The van der Waals surface area contributed by atoms with E-state index in [1.165, 1.54) is 0 Å². The van der Waals surface area contributed by atoms with Crippen molar-refractivity contribution in [2.45, 2.75) is 13.8 Å². The van der Waals surface area contributed by atoms with Crippen molar-refractivity contribution < 1.29 is 14.6 Å². The number of nitrogens with zero attached hydrogens (tertiary/aromatic N) is 2. The third-order valence-corrected chi connectivity index (χ3v) is 2.36. The minimum atomic E-state index is -0.877. The van der Waals surface area contributed by atoms with E-state index in [1.54, 1.807) is 43.3 Å². The molecule has 0 aliphatic heterocycles. The molecule has 0 heterocycles. The van der Waals surface area contributed by atoms with Crippen LogP contribution in [0.15, 0.2) is 36.0 Å². The molecule has 0 amide bonds. The fourth-order valence-corrected chi connectivity index (χ4v) is 1.55. The van der Waals surface area contributed by atoms with E-state index in [0.29, 0.717) is 11.1 Å². The number of ether oxygens (including phenoxy) is 1. The van der Waals surface area contributed by atoms with Crippen LogP contribution in [0.4, 0.5) is 0 Å². The van der Waals surface area contributed by atoms with Gasteiger partial charge in [-0.2, -0.15) is 0 Å². The molecule has 0 atom stereocenters. The molecule has 0 aliphatic carbocycles. The largest absolute Gasteiger partial charge is 0.510 e. The molecule has 1 rings (SSSR count).